The molecule has 0 bridgehead atoms. The molecule has 2 heterocycles. The number of amides is 1. The molecule has 2 rings (SSSR count). The van der Waals surface area contributed by atoms with Gasteiger partial charge < -0.3 is 4.90 Å². The van der Waals surface area contributed by atoms with Gasteiger partial charge in [-0.1, -0.05) is 15.9 Å². The van der Waals surface area contributed by atoms with Gasteiger partial charge in [-0.2, -0.15) is 0 Å². The molecule has 16 heavy (non-hydrogen) atoms. The number of pyridine rings is 1. The van der Waals surface area contributed by atoms with Crippen LogP contribution in [-0.2, 0) is 4.79 Å². The van der Waals surface area contributed by atoms with Crippen molar-refractivity contribution in [1.29, 1.82) is 0 Å². The molecular weight excluding hydrogens is 268 g/mol. The quantitative estimate of drug-likeness (QED) is 0.781. The second-order valence-electron chi connectivity index (χ2n) is 4.29. The van der Waals surface area contributed by atoms with Gasteiger partial charge in [0.15, 0.2) is 0 Å². The molecule has 0 radical (unpaired) electrons. The molecule has 1 fully saturated rings. The van der Waals surface area contributed by atoms with E-state index < -0.39 is 0 Å². The average molecular weight is 283 g/mol. The molecule has 86 valence electrons. The average Bonchev–Trinajstić information content (AvgIpc) is 2.60. The van der Waals surface area contributed by atoms with Crippen LogP contribution in [0.15, 0.2) is 12.1 Å². The minimum atomic E-state index is 0.207. The third-order valence-electron chi connectivity index (χ3n) is 2.91. The zero-order chi connectivity index (χ0) is 11.7. The van der Waals surface area contributed by atoms with E-state index in [1.54, 1.807) is 0 Å². The summed E-state index contributed by atoms with van der Waals surface area (Å²) in [4.78, 5) is 18.1. The fourth-order valence-corrected chi connectivity index (χ4v) is 2.52. The first-order valence-electron chi connectivity index (χ1n) is 5.42. The van der Waals surface area contributed by atoms with Crippen molar-refractivity contribution in [3.63, 3.8) is 0 Å². The fraction of sp³-hybridized carbons (Fsp3) is 0.500. The van der Waals surface area contributed by atoms with E-state index in [1.165, 1.54) is 0 Å². The summed E-state index contributed by atoms with van der Waals surface area (Å²) >= 11 is 3.44. The van der Waals surface area contributed by atoms with E-state index >= 15 is 0 Å². The molecule has 1 atom stereocenters. The lowest BCUT2D eigenvalue weighted by Crippen LogP contribution is -2.25. The number of carbonyl (C=O) groups excluding carboxylic acids is 1. The summed E-state index contributed by atoms with van der Waals surface area (Å²) in [6.45, 7) is 4.72. The molecule has 0 spiro atoms. The monoisotopic (exact) mass is 282 g/mol. The number of hydrogen-bond acceptors (Lipinski definition) is 2. The first kappa shape index (κ1) is 11.6. The highest BCUT2D eigenvalue weighted by Crippen LogP contribution is 2.27. The van der Waals surface area contributed by atoms with Crippen molar-refractivity contribution in [2.45, 2.75) is 20.3 Å². The summed E-state index contributed by atoms with van der Waals surface area (Å²) in [6, 6.07) is 3.95. The van der Waals surface area contributed by atoms with Gasteiger partial charge in [-0.25, -0.2) is 0 Å². The SMILES string of the molecule is Cc1ccc(N2CC(CBr)CC2=O)c(C)n1. The van der Waals surface area contributed by atoms with E-state index in [2.05, 4.69) is 20.9 Å². The number of carbonyl (C=O) groups is 1. The molecule has 0 N–H and O–H groups in total. The van der Waals surface area contributed by atoms with Gasteiger partial charge in [0.05, 0.1) is 11.4 Å². The van der Waals surface area contributed by atoms with Crippen LogP contribution in [-0.4, -0.2) is 22.8 Å². The molecule has 1 unspecified atom stereocenters. The molecule has 1 amide bonds. The topological polar surface area (TPSA) is 33.2 Å². The number of hydrogen-bond donors (Lipinski definition) is 0. The Labute approximate surface area is 104 Å². The van der Waals surface area contributed by atoms with Gasteiger partial charge in [0, 0.05) is 24.0 Å². The Kier molecular flexibility index (Phi) is 3.28. The standard InChI is InChI=1S/C12H15BrN2O/c1-8-3-4-11(9(2)14-8)15-7-10(6-13)5-12(15)16/h3-4,10H,5-7H2,1-2H3. The molecule has 1 aromatic heterocycles. The van der Waals surface area contributed by atoms with Crippen LogP contribution in [0.2, 0.25) is 0 Å². The molecule has 3 nitrogen and oxygen atoms in total. The summed E-state index contributed by atoms with van der Waals surface area (Å²) in [5, 5.41) is 0.883. The van der Waals surface area contributed by atoms with Gasteiger partial charge in [-0.05, 0) is 31.9 Å². The Hall–Kier alpha value is -0.900. The van der Waals surface area contributed by atoms with Gasteiger partial charge in [-0.3, -0.25) is 9.78 Å². The van der Waals surface area contributed by atoms with Crippen LogP contribution in [0.3, 0.4) is 0 Å². The number of anilines is 1. The van der Waals surface area contributed by atoms with Crippen molar-refractivity contribution < 1.29 is 4.79 Å². The highest BCUT2D eigenvalue weighted by molar-refractivity contribution is 9.09. The smallest absolute Gasteiger partial charge is 0.227 e. The normalized spacial score (nSPS) is 20.6. The van der Waals surface area contributed by atoms with E-state index in [-0.39, 0.29) is 5.91 Å². The third-order valence-corrected chi connectivity index (χ3v) is 3.83. The van der Waals surface area contributed by atoms with E-state index in [0.717, 1.165) is 29.0 Å². The van der Waals surface area contributed by atoms with E-state index in [4.69, 9.17) is 0 Å². The second-order valence-corrected chi connectivity index (χ2v) is 4.93. The fourth-order valence-electron chi connectivity index (χ4n) is 2.08. The number of alkyl halides is 1. The summed E-state index contributed by atoms with van der Waals surface area (Å²) in [7, 11) is 0. The predicted molar refractivity (Wildman–Crippen MR) is 68.0 cm³/mol. The second kappa shape index (κ2) is 4.53. The van der Waals surface area contributed by atoms with Gasteiger partial charge in [0.25, 0.3) is 0 Å². The number of aromatic nitrogens is 1. The zero-order valence-electron chi connectivity index (χ0n) is 9.53. The van der Waals surface area contributed by atoms with Gasteiger partial charge in [0.2, 0.25) is 5.91 Å². The minimum absolute atomic E-state index is 0.207. The van der Waals surface area contributed by atoms with Gasteiger partial charge in [-0.15, -0.1) is 0 Å². The molecule has 1 saturated heterocycles. The Morgan fingerprint density at radius 3 is 2.81 bits per heavy atom. The van der Waals surface area contributed by atoms with Crippen molar-refractivity contribution in [3.05, 3.63) is 23.5 Å². The highest BCUT2D eigenvalue weighted by atomic mass is 79.9. The Balaban J connectivity index is 2.28. The Bertz CT molecular complexity index is 419. The molecule has 4 heteroatoms. The van der Waals surface area contributed by atoms with E-state index in [1.807, 2.05) is 30.9 Å². The molecule has 0 saturated carbocycles. The predicted octanol–water partition coefficient (Wildman–Crippen LogP) is 2.45. The van der Waals surface area contributed by atoms with Crippen LogP contribution in [0.25, 0.3) is 0 Å². The van der Waals surface area contributed by atoms with Crippen LogP contribution in [0.1, 0.15) is 17.8 Å². The summed E-state index contributed by atoms with van der Waals surface area (Å²) < 4.78 is 0. The lowest BCUT2D eigenvalue weighted by Gasteiger charge is -2.18. The Morgan fingerprint density at radius 1 is 1.50 bits per heavy atom. The van der Waals surface area contributed by atoms with E-state index in [9.17, 15) is 4.79 Å². The van der Waals surface area contributed by atoms with Crippen LogP contribution in [0.5, 0.6) is 0 Å². The maximum absolute atomic E-state index is 11.9. The first-order valence-corrected chi connectivity index (χ1v) is 6.54. The number of halogens is 1. The molecule has 1 aliphatic heterocycles. The summed E-state index contributed by atoms with van der Waals surface area (Å²) in [6.07, 6.45) is 0.637. The van der Waals surface area contributed by atoms with Gasteiger partial charge >= 0.3 is 0 Å². The maximum atomic E-state index is 11.9. The number of nitrogens with zero attached hydrogens (tertiary/aromatic N) is 2. The van der Waals surface area contributed by atoms with Crippen LogP contribution < -0.4 is 4.90 Å². The summed E-state index contributed by atoms with van der Waals surface area (Å²) in [5.41, 5.74) is 2.88. The van der Waals surface area contributed by atoms with Crippen molar-refractivity contribution in [2.24, 2.45) is 5.92 Å². The van der Waals surface area contributed by atoms with Gasteiger partial charge in [0.1, 0.15) is 0 Å². The molecule has 1 aromatic rings. The largest absolute Gasteiger partial charge is 0.310 e. The van der Waals surface area contributed by atoms with Crippen LogP contribution >= 0.6 is 15.9 Å². The van der Waals surface area contributed by atoms with Crippen LogP contribution in [0, 0.1) is 19.8 Å². The lowest BCUT2D eigenvalue weighted by molar-refractivity contribution is -0.117. The lowest BCUT2D eigenvalue weighted by atomic mass is 10.2. The van der Waals surface area contributed by atoms with Crippen LogP contribution in [0.4, 0.5) is 5.69 Å². The third kappa shape index (κ3) is 2.12. The highest BCUT2D eigenvalue weighted by Gasteiger charge is 2.30. The van der Waals surface area contributed by atoms with Crippen molar-refractivity contribution in [2.75, 3.05) is 16.8 Å². The minimum Gasteiger partial charge on any atom is -0.310 e. The summed E-state index contributed by atoms with van der Waals surface area (Å²) in [5.74, 6) is 0.631. The molecular formula is C12H15BrN2O. The van der Waals surface area contributed by atoms with Crippen molar-refractivity contribution in [1.82, 2.24) is 4.98 Å². The zero-order valence-corrected chi connectivity index (χ0v) is 11.1. The Morgan fingerprint density at radius 2 is 2.25 bits per heavy atom. The van der Waals surface area contributed by atoms with E-state index in [0.29, 0.717) is 12.3 Å². The molecule has 0 aromatic carbocycles. The first-order chi connectivity index (χ1) is 7.61. The maximum Gasteiger partial charge on any atom is 0.227 e. The number of aryl methyl sites for hydroxylation is 2. The van der Waals surface area contributed by atoms with Crippen molar-refractivity contribution >= 4 is 27.5 Å². The molecule has 1 aliphatic rings. The number of rotatable bonds is 2. The van der Waals surface area contributed by atoms with Crippen molar-refractivity contribution in [3.8, 4) is 0 Å². The molecule has 0 aliphatic carbocycles.